The van der Waals surface area contributed by atoms with E-state index in [4.69, 9.17) is 5.21 Å². The van der Waals surface area contributed by atoms with Crippen molar-refractivity contribution in [1.82, 2.24) is 9.97 Å². The number of aromatic nitrogens is 2. The summed E-state index contributed by atoms with van der Waals surface area (Å²) in [7, 11) is 1.81. The van der Waals surface area contributed by atoms with Crippen molar-refractivity contribution in [3.8, 4) is 0 Å². The Morgan fingerprint density at radius 3 is 2.57 bits per heavy atom. The van der Waals surface area contributed by atoms with Gasteiger partial charge in [0.25, 0.3) is 0 Å². The quantitative estimate of drug-likeness (QED) is 0.391. The molecule has 0 radical (unpaired) electrons. The summed E-state index contributed by atoms with van der Waals surface area (Å²) in [6.45, 7) is 3.47. The summed E-state index contributed by atoms with van der Waals surface area (Å²) in [6.07, 6.45) is 5.39. The van der Waals surface area contributed by atoms with E-state index in [2.05, 4.69) is 20.4 Å². The fourth-order valence-electron chi connectivity index (χ4n) is 1.68. The molecule has 0 saturated heterocycles. The zero-order valence-electron chi connectivity index (χ0n) is 13.2. The number of aldehydes is 1. The monoisotopic (exact) mass is 318 g/mol. The standard InChI is InChI=1S/C9H13N3O.C7H6FNO/c1-3-8(12-13)7-4-5-9(10-2)11-6-7;1-5-6(4-10)2-9-3-7(5)8/h4-6,13H,3H2,1-2H3,(H,10,11);2-4H,1H3/b12-8+;. The highest BCUT2D eigenvalue weighted by Gasteiger charge is 2.02. The molecule has 2 aromatic heterocycles. The van der Waals surface area contributed by atoms with Crippen molar-refractivity contribution >= 4 is 17.8 Å². The zero-order chi connectivity index (χ0) is 17.2. The van der Waals surface area contributed by atoms with Crippen LogP contribution in [-0.2, 0) is 0 Å². The predicted octanol–water partition coefficient (Wildman–Crippen LogP) is 3.05. The van der Waals surface area contributed by atoms with E-state index in [9.17, 15) is 9.18 Å². The summed E-state index contributed by atoms with van der Waals surface area (Å²) in [6, 6.07) is 3.72. The number of nitrogens with one attached hydrogen (secondary N) is 1. The topological polar surface area (TPSA) is 87.5 Å². The summed E-state index contributed by atoms with van der Waals surface area (Å²) in [4.78, 5) is 17.8. The van der Waals surface area contributed by atoms with E-state index >= 15 is 0 Å². The molecule has 0 aliphatic rings. The van der Waals surface area contributed by atoms with Gasteiger partial charge in [-0.1, -0.05) is 12.1 Å². The van der Waals surface area contributed by atoms with Gasteiger partial charge >= 0.3 is 0 Å². The van der Waals surface area contributed by atoms with Crippen molar-refractivity contribution in [3.05, 3.63) is 53.2 Å². The number of hydrogen-bond acceptors (Lipinski definition) is 6. The highest BCUT2D eigenvalue weighted by Crippen LogP contribution is 2.07. The molecule has 0 aliphatic carbocycles. The van der Waals surface area contributed by atoms with Crippen molar-refractivity contribution in [2.45, 2.75) is 20.3 Å². The molecule has 0 aliphatic heterocycles. The number of oxime groups is 1. The van der Waals surface area contributed by atoms with Gasteiger partial charge in [0.15, 0.2) is 6.29 Å². The lowest BCUT2D eigenvalue weighted by Crippen LogP contribution is -2.00. The van der Waals surface area contributed by atoms with E-state index < -0.39 is 5.82 Å². The fourth-order valence-corrected chi connectivity index (χ4v) is 1.68. The molecule has 122 valence electrons. The average molecular weight is 318 g/mol. The van der Waals surface area contributed by atoms with Crippen LogP contribution in [0, 0.1) is 12.7 Å². The molecule has 2 rings (SSSR count). The van der Waals surface area contributed by atoms with Crippen LogP contribution in [0.15, 0.2) is 35.9 Å². The number of carbonyl (C=O) groups is 1. The molecule has 0 saturated carbocycles. The van der Waals surface area contributed by atoms with Gasteiger partial charge in [0.2, 0.25) is 0 Å². The third kappa shape index (κ3) is 5.14. The molecule has 0 amide bonds. The van der Waals surface area contributed by atoms with Crippen molar-refractivity contribution in [2.24, 2.45) is 5.16 Å². The molecule has 2 N–H and O–H groups in total. The second kappa shape index (κ2) is 9.24. The van der Waals surface area contributed by atoms with Crippen molar-refractivity contribution in [3.63, 3.8) is 0 Å². The third-order valence-corrected chi connectivity index (χ3v) is 3.13. The maximum absolute atomic E-state index is 12.5. The van der Waals surface area contributed by atoms with Gasteiger partial charge in [-0.3, -0.25) is 9.78 Å². The van der Waals surface area contributed by atoms with E-state index in [1.807, 2.05) is 26.1 Å². The molecule has 23 heavy (non-hydrogen) atoms. The van der Waals surface area contributed by atoms with Crippen LogP contribution in [0.25, 0.3) is 0 Å². The summed E-state index contributed by atoms with van der Waals surface area (Å²) >= 11 is 0. The highest BCUT2D eigenvalue weighted by molar-refractivity contribution is 5.99. The maximum Gasteiger partial charge on any atom is 0.151 e. The molecule has 6 nitrogen and oxygen atoms in total. The van der Waals surface area contributed by atoms with Crippen LogP contribution in [0.5, 0.6) is 0 Å². The fraction of sp³-hybridized carbons (Fsp3) is 0.250. The molecule has 0 atom stereocenters. The first-order valence-electron chi connectivity index (χ1n) is 6.97. The predicted molar refractivity (Wildman–Crippen MR) is 86.7 cm³/mol. The Kier molecular flexibility index (Phi) is 7.32. The molecule has 0 unspecified atom stereocenters. The second-order valence-electron chi connectivity index (χ2n) is 4.54. The van der Waals surface area contributed by atoms with Crippen LogP contribution in [0.1, 0.15) is 34.8 Å². The van der Waals surface area contributed by atoms with E-state index in [-0.39, 0.29) is 0 Å². The van der Waals surface area contributed by atoms with Crippen molar-refractivity contribution < 1.29 is 14.4 Å². The molecule has 0 aromatic carbocycles. The van der Waals surface area contributed by atoms with Gasteiger partial charge in [0.1, 0.15) is 11.6 Å². The van der Waals surface area contributed by atoms with Crippen molar-refractivity contribution in [1.29, 1.82) is 0 Å². The molecule has 0 spiro atoms. The number of rotatable bonds is 4. The van der Waals surface area contributed by atoms with E-state index in [0.29, 0.717) is 29.5 Å². The lowest BCUT2D eigenvalue weighted by atomic mass is 10.1. The molecule has 0 bridgehead atoms. The number of halogens is 1. The van der Waals surface area contributed by atoms with Gasteiger partial charge in [0.05, 0.1) is 11.9 Å². The van der Waals surface area contributed by atoms with Crippen LogP contribution in [0.2, 0.25) is 0 Å². The third-order valence-electron chi connectivity index (χ3n) is 3.13. The van der Waals surface area contributed by atoms with Crippen LogP contribution >= 0.6 is 0 Å². The van der Waals surface area contributed by atoms with Crippen LogP contribution in [-0.4, -0.2) is 34.2 Å². The van der Waals surface area contributed by atoms with Crippen LogP contribution in [0.4, 0.5) is 10.2 Å². The second-order valence-corrected chi connectivity index (χ2v) is 4.54. The Morgan fingerprint density at radius 1 is 1.39 bits per heavy atom. The molecular weight excluding hydrogens is 299 g/mol. The summed E-state index contributed by atoms with van der Waals surface area (Å²) < 4.78 is 12.5. The summed E-state index contributed by atoms with van der Waals surface area (Å²) in [5.41, 5.74) is 2.16. The minimum Gasteiger partial charge on any atom is -0.411 e. The number of nitrogens with zero attached hydrogens (tertiary/aromatic N) is 3. The maximum atomic E-state index is 12.5. The Labute approximate surface area is 134 Å². The summed E-state index contributed by atoms with van der Waals surface area (Å²) in [5, 5.41) is 14.8. The van der Waals surface area contributed by atoms with Gasteiger partial charge < -0.3 is 10.5 Å². The van der Waals surface area contributed by atoms with Gasteiger partial charge in [-0.25, -0.2) is 9.37 Å². The Bertz CT molecular complexity index is 672. The molecular formula is C16H19FN4O2. The Morgan fingerprint density at radius 2 is 2.13 bits per heavy atom. The minimum atomic E-state index is -0.440. The SMILES string of the molecule is CC/C(=N\O)c1ccc(NC)nc1.Cc1c(F)cncc1C=O. The number of carbonyl (C=O) groups excluding carboxylic acids is 1. The lowest BCUT2D eigenvalue weighted by Gasteiger charge is -2.02. The Hall–Kier alpha value is -2.83. The van der Waals surface area contributed by atoms with Crippen LogP contribution in [0.3, 0.4) is 0 Å². The highest BCUT2D eigenvalue weighted by atomic mass is 19.1. The summed E-state index contributed by atoms with van der Waals surface area (Å²) in [5.74, 6) is 0.363. The minimum absolute atomic E-state index is 0.306. The number of pyridine rings is 2. The smallest absolute Gasteiger partial charge is 0.151 e. The van der Waals surface area contributed by atoms with E-state index in [1.165, 1.54) is 6.20 Å². The first kappa shape index (κ1) is 18.2. The Balaban J connectivity index is 0.000000238. The van der Waals surface area contributed by atoms with E-state index in [0.717, 1.165) is 17.6 Å². The number of hydrogen-bond donors (Lipinski definition) is 2. The first-order valence-corrected chi connectivity index (χ1v) is 6.97. The van der Waals surface area contributed by atoms with Gasteiger partial charge in [-0.15, -0.1) is 0 Å². The number of anilines is 1. The largest absolute Gasteiger partial charge is 0.411 e. The van der Waals surface area contributed by atoms with Crippen molar-refractivity contribution in [2.75, 3.05) is 12.4 Å². The average Bonchev–Trinajstić information content (AvgIpc) is 2.59. The van der Waals surface area contributed by atoms with E-state index in [1.54, 1.807) is 13.1 Å². The molecule has 2 heterocycles. The van der Waals surface area contributed by atoms with Crippen LogP contribution < -0.4 is 5.32 Å². The molecule has 7 heteroatoms. The lowest BCUT2D eigenvalue weighted by molar-refractivity contribution is 0.112. The van der Waals surface area contributed by atoms with Gasteiger partial charge in [-0.2, -0.15) is 0 Å². The van der Waals surface area contributed by atoms with Gasteiger partial charge in [-0.05, 0) is 31.0 Å². The van der Waals surface area contributed by atoms with Gasteiger partial charge in [0, 0.05) is 30.6 Å². The molecule has 0 fully saturated rings. The zero-order valence-corrected chi connectivity index (χ0v) is 13.2. The molecule has 2 aromatic rings. The normalized spacial score (nSPS) is 10.5. The first-order chi connectivity index (χ1) is 11.1.